The molecule has 0 radical (unpaired) electrons. The molecule has 6 nitrogen and oxygen atoms in total. The number of rotatable bonds is 8. The van der Waals surface area contributed by atoms with Gasteiger partial charge in [0.2, 0.25) is 11.8 Å². The van der Waals surface area contributed by atoms with Crippen LogP contribution in [-0.4, -0.2) is 37.2 Å². The van der Waals surface area contributed by atoms with Gasteiger partial charge < -0.3 is 20.5 Å². The SMILES string of the molecule is CCO[C@H]1C[C@@H](NC(=O)CCOc2ccc(C(N)=O)cc2)C12CCCC2. The quantitative estimate of drug-likeness (QED) is 0.745. The van der Waals surface area contributed by atoms with Gasteiger partial charge in [0.05, 0.1) is 19.1 Å². The lowest BCUT2D eigenvalue weighted by atomic mass is 9.60. The number of nitrogens with one attached hydrogen (secondary N) is 1. The van der Waals surface area contributed by atoms with Crippen LogP contribution in [0.4, 0.5) is 0 Å². The molecule has 2 fully saturated rings. The molecule has 0 unspecified atom stereocenters. The number of hydrogen-bond acceptors (Lipinski definition) is 4. The molecule has 3 N–H and O–H groups in total. The van der Waals surface area contributed by atoms with Gasteiger partial charge in [-0.2, -0.15) is 0 Å². The lowest BCUT2D eigenvalue weighted by molar-refractivity contribution is -0.144. The Morgan fingerprint density at radius 2 is 1.92 bits per heavy atom. The summed E-state index contributed by atoms with van der Waals surface area (Å²) in [6.45, 7) is 3.06. The number of carbonyl (C=O) groups excluding carboxylic acids is 2. The zero-order valence-electron chi connectivity index (χ0n) is 15.3. The van der Waals surface area contributed by atoms with Gasteiger partial charge in [-0.3, -0.25) is 9.59 Å². The minimum absolute atomic E-state index is 0.0185. The van der Waals surface area contributed by atoms with Gasteiger partial charge in [-0.1, -0.05) is 12.8 Å². The molecule has 0 aromatic heterocycles. The van der Waals surface area contributed by atoms with Crippen molar-refractivity contribution in [2.75, 3.05) is 13.2 Å². The Hall–Kier alpha value is -2.08. The van der Waals surface area contributed by atoms with Crippen LogP contribution in [-0.2, 0) is 9.53 Å². The van der Waals surface area contributed by atoms with Crippen LogP contribution in [0.2, 0.25) is 0 Å². The van der Waals surface area contributed by atoms with E-state index in [2.05, 4.69) is 5.32 Å². The predicted octanol–water partition coefficient (Wildman–Crippen LogP) is 2.41. The molecule has 2 atom stereocenters. The standard InChI is InChI=1S/C20H28N2O4/c1-2-25-17-13-16(20(17)10-3-4-11-20)22-18(23)9-12-26-15-7-5-14(6-8-15)19(21)24/h5-8,16-17H,2-4,9-13H2,1H3,(H2,21,24)(H,22,23)/t16-,17+/m1/s1. The molecular weight excluding hydrogens is 332 g/mol. The highest BCUT2D eigenvalue weighted by Gasteiger charge is 2.57. The van der Waals surface area contributed by atoms with Gasteiger partial charge in [-0.25, -0.2) is 0 Å². The van der Waals surface area contributed by atoms with Crippen LogP contribution in [0.25, 0.3) is 0 Å². The van der Waals surface area contributed by atoms with E-state index in [4.69, 9.17) is 15.2 Å². The molecule has 142 valence electrons. The van der Waals surface area contributed by atoms with Gasteiger partial charge in [-0.15, -0.1) is 0 Å². The zero-order chi connectivity index (χ0) is 18.6. The van der Waals surface area contributed by atoms with Crippen LogP contribution < -0.4 is 15.8 Å². The molecular formula is C20H28N2O4. The third-order valence-corrected chi connectivity index (χ3v) is 5.76. The van der Waals surface area contributed by atoms with Crippen LogP contribution in [0.1, 0.15) is 55.8 Å². The summed E-state index contributed by atoms with van der Waals surface area (Å²) in [6.07, 6.45) is 6.25. The fourth-order valence-electron chi connectivity index (χ4n) is 4.33. The summed E-state index contributed by atoms with van der Waals surface area (Å²) in [7, 11) is 0. The van der Waals surface area contributed by atoms with E-state index in [1.165, 1.54) is 12.8 Å². The van der Waals surface area contributed by atoms with E-state index in [1.807, 2.05) is 6.92 Å². The van der Waals surface area contributed by atoms with Crippen molar-refractivity contribution in [3.63, 3.8) is 0 Å². The van der Waals surface area contributed by atoms with Crippen molar-refractivity contribution in [3.8, 4) is 5.75 Å². The zero-order valence-corrected chi connectivity index (χ0v) is 15.3. The molecule has 2 aliphatic rings. The van der Waals surface area contributed by atoms with Crippen molar-refractivity contribution in [1.29, 1.82) is 0 Å². The number of ether oxygens (including phenoxy) is 2. The van der Waals surface area contributed by atoms with Crippen molar-refractivity contribution in [1.82, 2.24) is 5.32 Å². The van der Waals surface area contributed by atoms with Gasteiger partial charge in [0.1, 0.15) is 5.75 Å². The first-order chi connectivity index (χ1) is 12.5. The molecule has 1 aromatic carbocycles. The molecule has 0 saturated heterocycles. The smallest absolute Gasteiger partial charge is 0.248 e. The summed E-state index contributed by atoms with van der Waals surface area (Å²) in [4.78, 5) is 23.3. The Balaban J connectivity index is 1.43. The van der Waals surface area contributed by atoms with Gasteiger partial charge in [0.15, 0.2) is 0 Å². The Kier molecular flexibility index (Phi) is 5.81. The molecule has 0 aliphatic heterocycles. The molecule has 6 heteroatoms. The maximum atomic E-state index is 12.3. The lowest BCUT2D eigenvalue weighted by Gasteiger charge is -2.54. The van der Waals surface area contributed by atoms with Crippen molar-refractivity contribution in [2.45, 2.75) is 57.6 Å². The second-order valence-corrected chi connectivity index (χ2v) is 7.23. The van der Waals surface area contributed by atoms with E-state index in [-0.39, 0.29) is 17.4 Å². The van der Waals surface area contributed by atoms with E-state index < -0.39 is 5.91 Å². The second-order valence-electron chi connectivity index (χ2n) is 7.23. The highest BCUT2D eigenvalue weighted by Crippen LogP contribution is 2.54. The number of amides is 2. The number of primary amides is 1. The van der Waals surface area contributed by atoms with Gasteiger partial charge in [0.25, 0.3) is 0 Å². The predicted molar refractivity (Wildman–Crippen MR) is 97.9 cm³/mol. The minimum atomic E-state index is -0.470. The number of benzene rings is 1. The van der Waals surface area contributed by atoms with Crippen LogP contribution >= 0.6 is 0 Å². The van der Waals surface area contributed by atoms with Crippen molar-refractivity contribution in [2.24, 2.45) is 11.1 Å². The maximum absolute atomic E-state index is 12.3. The van der Waals surface area contributed by atoms with Crippen LogP contribution in [0.15, 0.2) is 24.3 Å². The third-order valence-electron chi connectivity index (χ3n) is 5.76. The summed E-state index contributed by atoms with van der Waals surface area (Å²) in [5.74, 6) is 0.169. The van der Waals surface area contributed by atoms with Crippen molar-refractivity contribution in [3.05, 3.63) is 29.8 Å². The molecule has 1 spiro atoms. The molecule has 2 saturated carbocycles. The van der Waals surface area contributed by atoms with E-state index in [1.54, 1.807) is 24.3 Å². The molecule has 0 heterocycles. The van der Waals surface area contributed by atoms with Crippen LogP contribution in [0.3, 0.4) is 0 Å². The summed E-state index contributed by atoms with van der Waals surface area (Å²) < 4.78 is 11.5. The minimum Gasteiger partial charge on any atom is -0.493 e. The summed E-state index contributed by atoms with van der Waals surface area (Å²) in [5.41, 5.74) is 5.79. The highest BCUT2D eigenvalue weighted by atomic mass is 16.5. The maximum Gasteiger partial charge on any atom is 0.248 e. The molecule has 2 aliphatic carbocycles. The van der Waals surface area contributed by atoms with Gasteiger partial charge in [-0.05, 0) is 50.5 Å². The molecule has 1 aromatic rings. The lowest BCUT2D eigenvalue weighted by Crippen LogP contribution is -2.63. The van der Waals surface area contributed by atoms with Crippen molar-refractivity contribution < 1.29 is 19.1 Å². The molecule has 3 rings (SSSR count). The van der Waals surface area contributed by atoms with E-state index >= 15 is 0 Å². The van der Waals surface area contributed by atoms with Crippen LogP contribution in [0, 0.1) is 5.41 Å². The number of nitrogens with two attached hydrogens (primary N) is 1. The Morgan fingerprint density at radius 3 is 2.54 bits per heavy atom. The van der Waals surface area contributed by atoms with Gasteiger partial charge >= 0.3 is 0 Å². The van der Waals surface area contributed by atoms with E-state index in [9.17, 15) is 9.59 Å². The highest BCUT2D eigenvalue weighted by molar-refractivity contribution is 5.92. The average Bonchev–Trinajstić information content (AvgIpc) is 3.14. The fraction of sp³-hybridized carbons (Fsp3) is 0.600. The number of carbonyl (C=O) groups is 2. The second kappa shape index (κ2) is 8.08. The summed E-state index contributed by atoms with van der Waals surface area (Å²) in [6, 6.07) is 6.82. The van der Waals surface area contributed by atoms with Crippen LogP contribution in [0.5, 0.6) is 5.75 Å². The Labute approximate surface area is 154 Å². The monoisotopic (exact) mass is 360 g/mol. The first kappa shape index (κ1) is 18.7. The molecule has 0 bridgehead atoms. The fourth-order valence-corrected chi connectivity index (χ4v) is 4.33. The summed E-state index contributed by atoms with van der Waals surface area (Å²) >= 11 is 0. The number of hydrogen-bond donors (Lipinski definition) is 2. The first-order valence-corrected chi connectivity index (χ1v) is 9.49. The molecule has 26 heavy (non-hydrogen) atoms. The average molecular weight is 360 g/mol. The summed E-state index contributed by atoms with van der Waals surface area (Å²) in [5, 5.41) is 3.19. The Morgan fingerprint density at radius 1 is 1.23 bits per heavy atom. The largest absolute Gasteiger partial charge is 0.493 e. The third kappa shape index (κ3) is 3.85. The topological polar surface area (TPSA) is 90.7 Å². The normalized spacial score (nSPS) is 23.4. The molecule has 2 amide bonds. The van der Waals surface area contributed by atoms with E-state index in [0.717, 1.165) is 25.9 Å². The van der Waals surface area contributed by atoms with Crippen molar-refractivity contribution >= 4 is 11.8 Å². The van der Waals surface area contributed by atoms with Gasteiger partial charge in [0, 0.05) is 23.6 Å². The Bertz CT molecular complexity index is 638. The van der Waals surface area contributed by atoms with E-state index in [0.29, 0.717) is 30.4 Å². The first-order valence-electron chi connectivity index (χ1n) is 9.49.